The van der Waals surface area contributed by atoms with Crippen LogP contribution in [-0.4, -0.2) is 10.7 Å². The summed E-state index contributed by atoms with van der Waals surface area (Å²) in [6.07, 6.45) is 7.11. The van der Waals surface area contributed by atoms with E-state index in [2.05, 4.69) is 0 Å². The predicted molar refractivity (Wildman–Crippen MR) is 33.6 cm³/mol. The molecule has 0 aromatic heterocycles. The third kappa shape index (κ3) is 1.34. The minimum atomic E-state index is -0.502. The lowest BCUT2D eigenvalue weighted by Crippen LogP contribution is -2.22. The highest BCUT2D eigenvalue weighted by Gasteiger charge is 2.17. The molecule has 1 heteroatoms. The van der Waals surface area contributed by atoms with Gasteiger partial charge in [-0.2, -0.15) is 0 Å². The average Bonchev–Trinajstić information content (AvgIpc) is 1.65. The summed E-state index contributed by atoms with van der Waals surface area (Å²) in [4.78, 5) is 0. The molecule has 1 N–H and O–H groups in total. The Bertz CT molecular complexity index is 103. The van der Waals surface area contributed by atoms with Gasteiger partial charge >= 0.3 is 0 Å². The molecule has 1 atom stereocenters. The molecule has 0 aromatic carbocycles. The fourth-order valence-electron chi connectivity index (χ4n) is 0.998. The molecule has 0 spiro atoms. The number of aliphatic hydroxyl groups is 1. The maximum atomic E-state index is 9.29. The summed E-state index contributed by atoms with van der Waals surface area (Å²) in [6.45, 7) is 1.85. The molecule has 0 heterocycles. The van der Waals surface area contributed by atoms with Crippen molar-refractivity contribution in [1.82, 2.24) is 0 Å². The van der Waals surface area contributed by atoms with Crippen LogP contribution in [0.15, 0.2) is 12.2 Å². The van der Waals surface area contributed by atoms with Crippen LogP contribution >= 0.6 is 0 Å². The molecule has 0 aromatic rings. The van der Waals surface area contributed by atoms with Crippen molar-refractivity contribution in [2.24, 2.45) is 0 Å². The summed E-state index contributed by atoms with van der Waals surface area (Å²) in [6, 6.07) is 0. The highest BCUT2D eigenvalue weighted by atomic mass is 16.3. The van der Waals surface area contributed by atoms with Crippen molar-refractivity contribution in [3.63, 3.8) is 0 Å². The van der Waals surface area contributed by atoms with E-state index in [0.717, 1.165) is 19.3 Å². The van der Waals surface area contributed by atoms with Gasteiger partial charge in [0.2, 0.25) is 0 Å². The van der Waals surface area contributed by atoms with Crippen molar-refractivity contribution < 1.29 is 5.11 Å². The maximum absolute atomic E-state index is 9.29. The number of allylic oxidation sites excluding steroid dienone is 1. The van der Waals surface area contributed by atoms with Crippen LogP contribution in [-0.2, 0) is 0 Å². The smallest absolute Gasteiger partial charge is 0.0799 e. The van der Waals surface area contributed by atoms with Crippen molar-refractivity contribution in [2.75, 3.05) is 0 Å². The molecule has 0 bridgehead atoms. The Morgan fingerprint density at radius 3 is 2.62 bits per heavy atom. The van der Waals surface area contributed by atoms with E-state index in [-0.39, 0.29) is 0 Å². The van der Waals surface area contributed by atoms with Crippen LogP contribution in [0.4, 0.5) is 0 Å². The lowest BCUT2D eigenvalue weighted by molar-refractivity contribution is 0.0948. The molecule has 0 fully saturated rings. The number of hydrogen-bond donors (Lipinski definition) is 1. The Morgan fingerprint density at radius 2 is 2.38 bits per heavy atom. The Hall–Kier alpha value is -0.300. The highest BCUT2D eigenvalue weighted by Crippen LogP contribution is 2.20. The van der Waals surface area contributed by atoms with Crippen LogP contribution < -0.4 is 0 Å². The highest BCUT2D eigenvalue weighted by molar-refractivity contribution is 5.01. The minimum absolute atomic E-state index is 0.502. The Kier molecular flexibility index (Phi) is 1.39. The molecule has 0 aliphatic heterocycles. The van der Waals surface area contributed by atoms with Crippen molar-refractivity contribution >= 4 is 0 Å². The first-order chi connectivity index (χ1) is 3.71. The summed E-state index contributed by atoms with van der Waals surface area (Å²) in [5.74, 6) is 0. The Morgan fingerprint density at radius 1 is 1.62 bits per heavy atom. The van der Waals surface area contributed by atoms with Crippen LogP contribution in [0.2, 0.25) is 0 Å². The van der Waals surface area contributed by atoms with Gasteiger partial charge in [-0.15, -0.1) is 0 Å². The third-order valence-electron chi connectivity index (χ3n) is 1.53. The SMILES string of the molecule is C[C@@]1(O)C=CCCC1. The summed E-state index contributed by atoms with van der Waals surface area (Å²) >= 11 is 0. The molecule has 46 valence electrons. The molecule has 0 amide bonds. The Balaban J connectivity index is 2.56. The lowest BCUT2D eigenvalue weighted by Gasteiger charge is -2.21. The first-order valence-corrected chi connectivity index (χ1v) is 3.11. The topological polar surface area (TPSA) is 20.2 Å². The van der Waals surface area contributed by atoms with E-state index in [9.17, 15) is 5.11 Å². The van der Waals surface area contributed by atoms with Gasteiger partial charge in [-0.25, -0.2) is 0 Å². The lowest BCUT2D eigenvalue weighted by atomic mass is 9.93. The second kappa shape index (κ2) is 1.90. The molecule has 1 aliphatic rings. The van der Waals surface area contributed by atoms with Gasteiger partial charge in [-0.3, -0.25) is 0 Å². The number of rotatable bonds is 0. The second-order valence-electron chi connectivity index (χ2n) is 2.65. The molecule has 0 radical (unpaired) electrons. The van der Waals surface area contributed by atoms with Gasteiger partial charge in [0, 0.05) is 0 Å². The van der Waals surface area contributed by atoms with Crippen molar-refractivity contribution in [3.8, 4) is 0 Å². The monoisotopic (exact) mass is 112 g/mol. The van der Waals surface area contributed by atoms with Crippen molar-refractivity contribution in [1.29, 1.82) is 0 Å². The van der Waals surface area contributed by atoms with E-state index in [1.807, 2.05) is 19.1 Å². The second-order valence-corrected chi connectivity index (χ2v) is 2.65. The van der Waals surface area contributed by atoms with Gasteiger partial charge in [0.15, 0.2) is 0 Å². The fraction of sp³-hybridized carbons (Fsp3) is 0.714. The van der Waals surface area contributed by atoms with E-state index in [1.165, 1.54) is 0 Å². The summed E-state index contributed by atoms with van der Waals surface area (Å²) in [5.41, 5.74) is -0.502. The predicted octanol–water partition coefficient (Wildman–Crippen LogP) is 1.48. The maximum Gasteiger partial charge on any atom is 0.0799 e. The molecular formula is C7H12O. The quantitative estimate of drug-likeness (QED) is 0.470. The molecule has 8 heavy (non-hydrogen) atoms. The van der Waals surface area contributed by atoms with Gasteiger partial charge in [-0.1, -0.05) is 12.2 Å². The van der Waals surface area contributed by atoms with E-state index < -0.39 is 5.60 Å². The zero-order chi connectivity index (χ0) is 6.04. The van der Waals surface area contributed by atoms with Crippen LogP contribution in [0, 0.1) is 0 Å². The third-order valence-corrected chi connectivity index (χ3v) is 1.53. The minimum Gasteiger partial charge on any atom is -0.386 e. The van der Waals surface area contributed by atoms with Crippen molar-refractivity contribution in [3.05, 3.63) is 12.2 Å². The van der Waals surface area contributed by atoms with Crippen LogP contribution in [0.5, 0.6) is 0 Å². The fourth-order valence-corrected chi connectivity index (χ4v) is 0.998. The van der Waals surface area contributed by atoms with Crippen LogP contribution in [0.3, 0.4) is 0 Å². The normalized spacial score (nSPS) is 37.8. The summed E-state index contributed by atoms with van der Waals surface area (Å²) in [5, 5.41) is 9.29. The van der Waals surface area contributed by atoms with Gasteiger partial charge in [0.1, 0.15) is 0 Å². The van der Waals surface area contributed by atoms with Crippen LogP contribution in [0.25, 0.3) is 0 Å². The molecule has 1 rings (SSSR count). The summed E-state index contributed by atoms with van der Waals surface area (Å²) < 4.78 is 0. The van der Waals surface area contributed by atoms with E-state index >= 15 is 0 Å². The first-order valence-electron chi connectivity index (χ1n) is 3.11. The van der Waals surface area contributed by atoms with Crippen LogP contribution in [0.1, 0.15) is 26.2 Å². The van der Waals surface area contributed by atoms with Gasteiger partial charge in [0.05, 0.1) is 5.60 Å². The Labute approximate surface area is 50.0 Å². The largest absolute Gasteiger partial charge is 0.386 e. The van der Waals surface area contributed by atoms with E-state index in [1.54, 1.807) is 0 Å². The molecule has 1 aliphatic carbocycles. The van der Waals surface area contributed by atoms with E-state index in [4.69, 9.17) is 0 Å². The zero-order valence-corrected chi connectivity index (χ0v) is 5.22. The zero-order valence-electron chi connectivity index (χ0n) is 5.22. The van der Waals surface area contributed by atoms with Crippen molar-refractivity contribution in [2.45, 2.75) is 31.8 Å². The van der Waals surface area contributed by atoms with Gasteiger partial charge < -0.3 is 5.11 Å². The molecular weight excluding hydrogens is 100 g/mol. The standard InChI is InChI=1S/C7H12O/c1-7(8)5-3-2-4-6-7/h3,5,8H,2,4,6H2,1H3/t7-/m1/s1. The number of hydrogen-bond acceptors (Lipinski definition) is 1. The molecule has 0 saturated carbocycles. The first kappa shape index (κ1) is 5.83. The molecule has 1 nitrogen and oxygen atoms in total. The average molecular weight is 112 g/mol. The summed E-state index contributed by atoms with van der Waals surface area (Å²) in [7, 11) is 0. The van der Waals surface area contributed by atoms with Gasteiger partial charge in [-0.05, 0) is 26.2 Å². The molecule has 0 unspecified atom stereocenters. The molecule has 0 saturated heterocycles. The van der Waals surface area contributed by atoms with E-state index in [0.29, 0.717) is 0 Å². The van der Waals surface area contributed by atoms with Gasteiger partial charge in [0.25, 0.3) is 0 Å².